The number of aromatic nitrogens is 3. The maximum absolute atomic E-state index is 13.7. The molecule has 0 amide bonds. The van der Waals surface area contributed by atoms with Crippen LogP contribution in [0, 0.1) is 11.7 Å². The van der Waals surface area contributed by atoms with Crippen LogP contribution in [0.1, 0.15) is 0 Å². The van der Waals surface area contributed by atoms with Gasteiger partial charge in [-0.25, -0.2) is 12.8 Å². The van der Waals surface area contributed by atoms with Crippen LogP contribution in [0.15, 0.2) is 35.5 Å². The number of rotatable bonds is 5. The van der Waals surface area contributed by atoms with Crippen molar-refractivity contribution >= 4 is 10.0 Å². The van der Waals surface area contributed by atoms with E-state index < -0.39 is 15.8 Å². The zero-order valence-corrected chi connectivity index (χ0v) is 12.7. The van der Waals surface area contributed by atoms with E-state index in [1.807, 2.05) is 0 Å². The normalized spacial score (nSPS) is 16.5. The van der Waals surface area contributed by atoms with E-state index in [0.29, 0.717) is 19.6 Å². The second-order valence-electron chi connectivity index (χ2n) is 5.11. The van der Waals surface area contributed by atoms with E-state index in [1.165, 1.54) is 23.5 Å². The van der Waals surface area contributed by atoms with Crippen molar-refractivity contribution in [1.29, 1.82) is 0 Å². The van der Waals surface area contributed by atoms with Crippen LogP contribution in [0.5, 0.6) is 5.75 Å². The van der Waals surface area contributed by atoms with Crippen molar-refractivity contribution in [3.05, 3.63) is 36.4 Å². The van der Waals surface area contributed by atoms with Crippen LogP contribution in [-0.2, 0) is 16.6 Å². The summed E-state index contributed by atoms with van der Waals surface area (Å²) in [6, 6.07) is 3.65. The molecule has 0 atom stereocenters. The Kier molecular flexibility index (Phi) is 3.83. The lowest BCUT2D eigenvalue weighted by Crippen LogP contribution is -2.51. The Morgan fingerprint density at radius 1 is 1.41 bits per heavy atom. The largest absolute Gasteiger partial charge is 0.494 e. The second-order valence-corrected chi connectivity index (χ2v) is 7.05. The highest BCUT2D eigenvalue weighted by Crippen LogP contribution is 2.28. The first kappa shape index (κ1) is 14.9. The summed E-state index contributed by atoms with van der Waals surface area (Å²) >= 11 is 0. The number of halogens is 1. The quantitative estimate of drug-likeness (QED) is 0.810. The van der Waals surface area contributed by atoms with E-state index in [2.05, 4.69) is 10.3 Å². The molecule has 1 aromatic heterocycles. The lowest BCUT2D eigenvalue weighted by molar-refractivity contribution is 0.174. The molecule has 0 aliphatic carbocycles. The number of methoxy groups -OCH3 is 1. The third-order valence-corrected chi connectivity index (χ3v) is 5.43. The molecule has 1 saturated heterocycles. The van der Waals surface area contributed by atoms with Gasteiger partial charge in [0.1, 0.15) is 0 Å². The Bertz CT molecular complexity index is 758. The number of nitrogens with zero attached hydrogens (tertiary/aromatic N) is 4. The van der Waals surface area contributed by atoms with Gasteiger partial charge in [0.15, 0.2) is 11.6 Å². The number of benzene rings is 1. The third-order valence-electron chi connectivity index (χ3n) is 3.60. The van der Waals surface area contributed by atoms with Crippen molar-refractivity contribution in [1.82, 2.24) is 19.3 Å². The number of hydrogen-bond acceptors (Lipinski definition) is 5. The van der Waals surface area contributed by atoms with Crippen LogP contribution in [0.3, 0.4) is 0 Å². The van der Waals surface area contributed by atoms with Gasteiger partial charge in [0.05, 0.1) is 18.2 Å². The van der Waals surface area contributed by atoms with Gasteiger partial charge in [-0.1, -0.05) is 5.21 Å². The highest BCUT2D eigenvalue weighted by molar-refractivity contribution is 7.89. The Hall–Kier alpha value is -2.00. The summed E-state index contributed by atoms with van der Waals surface area (Å²) in [4.78, 5) is -0.0648. The maximum Gasteiger partial charge on any atom is 0.243 e. The fourth-order valence-corrected chi connectivity index (χ4v) is 3.99. The van der Waals surface area contributed by atoms with Crippen molar-refractivity contribution in [2.75, 3.05) is 20.2 Å². The van der Waals surface area contributed by atoms with Gasteiger partial charge in [0.2, 0.25) is 10.0 Å². The summed E-state index contributed by atoms with van der Waals surface area (Å²) in [6.45, 7) is 1.38. The molecule has 1 aromatic carbocycles. The van der Waals surface area contributed by atoms with Gasteiger partial charge in [0, 0.05) is 31.7 Å². The lowest BCUT2D eigenvalue weighted by atomic mass is 10.0. The van der Waals surface area contributed by atoms with E-state index in [-0.39, 0.29) is 16.6 Å². The van der Waals surface area contributed by atoms with E-state index >= 15 is 0 Å². The van der Waals surface area contributed by atoms with Gasteiger partial charge in [0.25, 0.3) is 0 Å². The molecule has 0 spiro atoms. The van der Waals surface area contributed by atoms with Crippen LogP contribution < -0.4 is 4.74 Å². The minimum Gasteiger partial charge on any atom is -0.494 e. The number of hydrogen-bond donors (Lipinski definition) is 0. The van der Waals surface area contributed by atoms with E-state index in [0.717, 1.165) is 6.07 Å². The molecule has 2 heterocycles. The zero-order chi connectivity index (χ0) is 15.7. The molecule has 3 rings (SSSR count). The third kappa shape index (κ3) is 2.69. The van der Waals surface area contributed by atoms with Crippen molar-refractivity contribution in [3.8, 4) is 5.75 Å². The van der Waals surface area contributed by atoms with Crippen LogP contribution >= 0.6 is 0 Å². The Labute approximate surface area is 127 Å². The first-order valence-electron chi connectivity index (χ1n) is 6.68. The average molecular weight is 326 g/mol. The Morgan fingerprint density at radius 2 is 2.18 bits per heavy atom. The van der Waals surface area contributed by atoms with Gasteiger partial charge in [-0.3, -0.25) is 4.68 Å². The predicted molar refractivity (Wildman–Crippen MR) is 75.2 cm³/mol. The van der Waals surface area contributed by atoms with Crippen LogP contribution in [0.4, 0.5) is 4.39 Å². The van der Waals surface area contributed by atoms with Gasteiger partial charge in [-0.15, -0.1) is 5.10 Å². The number of sulfonamides is 1. The molecular formula is C13H15FN4O3S. The minimum absolute atomic E-state index is 0.0200. The van der Waals surface area contributed by atoms with E-state index in [4.69, 9.17) is 4.74 Å². The smallest absolute Gasteiger partial charge is 0.243 e. The summed E-state index contributed by atoms with van der Waals surface area (Å²) in [5.41, 5.74) is 0. The van der Waals surface area contributed by atoms with Crippen LogP contribution in [0.2, 0.25) is 0 Å². The summed E-state index contributed by atoms with van der Waals surface area (Å²) in [6.07, 6.45) is 3.31. The summed E-state index contributed by atoms with van der Waals surface area (Å²) in [5, 5.41) is 7.55. The molecule has 0 unspecified atom stereocenters. The van der Waals surface area contributed by atoms with Crippen molar-refractivity contribution < 1.29 is 17.5 Å². The maximum atomic E-state index is 13.7. The van der Waals surface area contributed by atoms with E-state index in [9.17, 15) is 12.8 Å². The molecule has 0 bridgehead atoms. The van der Waals surface area contributed by atoms with Crippen LogP contribution in [-0.4, -0.2) is 47.9 Å². The average Bonchev–Trinajstić information content (AvgIpc) is 2.95. The molecule has 0 radical (unpaired) electrons. The standard InChI is InChI=1S/C13H15FN4O3S/c1-21-13-3-2-11(6-12(13)14)22(19,20)18-8-10(9-18)7-17-5-4-15-16-17/h2-6,10H,7-9H2,1H3. The number of ether oxygens (including phenoxy) is 1. The van der Waals surface area contributed by atoms with Crippen LogP contribution in [0.25, 0.3) is 0 Å². The van der Waals surface area contributed by atoms with Gasteiger partial charge in [-0.05, 0) is 18.2 Å². The highest BCUT2D eigenvalue weighted by atomic mass is 32.2. The highest BCUT2D eigenvalue weighted by Gasteiger charge is 2.37. The van der Waals surface area contributed by atoms with Crippen molar-refractivity contribution in [3.63, 3.8) is 0 Å². The topological polar surface area (TPSA) is 77.3 Å². The summed E-state index contributed by atoms with van der Waals surface area (Å²) in [5.74, 6) is -0.491. The fraction of sp³-hybridized carbons (Fsp3) is 0.385. The Balaban J connectivity index is 1.68. The molecule has 1 aliphatic heterocycles. The summed E-state index contributed by atoms with van der Waals surface area (Å²) < 4.78 is 46.3. The first-order chi connectivity index (χ1) is 10.5. The minimum atomic E-state index is -3.67. The Morgan fingerprint density at radius 3 is 2.77 bits per heavy atom. The molecule has 9 heteroatoms. The molecule has 7 nitrogen and oxygen atoms in total. The van der Waals surface area contributed by atoms with Crippen molar-refractivity contribution in [2.24, 2.45) is 5.92 Å². The molecule has 2 aromatic rings. The molecular weight excluding hydrogens is 311 g/mol. The molecule has 118 valence electrons. The predicted octanol–water partition coefficient (Wildman–Crippen LogP) is 0.746. The molecule has 1 fully saturated rings. The molecule has 0 saturated carbocycles. The summed E-state index contributed by atoms with van der Waals surface area (Å²) in [7, 11) is -2.34. The first-order valence-corrected chi connectivity index (χ1v) is 8.12. The monoisotopic (exact) mass is 326 g/mol. The van der Waals surface area contributed by atoms with Gasteiger partial charge < -0.3 is 4.74 Å². The van der Waals surface area contributed by atoms with Gasteiger partial charge in [-0.2, -0.15) is 4.31 Å². The van der Waals surface area contributed by atoms with Crippen molar-refractivity contribution in [2.45, 2.75) is 11.4 Å². The lowest BCUT2D eigenvalue weighted by Gasteiger charge is -2.37. The SMILES string of the molecule is COc1ccc(S(=O)(=O)N2CC(Cn3ccnn3)C2)cc1F. The zero-order valence-electron chi connectivity index (χ0n) is 11.9. The molecule has 0 N–H and O–H groups in total. The second kappa shape index (κ2) is 5.65. The molecule has 22 heavy (non-hydrogen) atoms. The molecule has 1 aliphatic rings. The van der Waals surface area contributed by atoms with E-state index in [1.54, 1.807) is 17.1 Å². The fourth-order valence-electron chi connectivity index (χ4n) is 2.39. The van der Waals surface area contributed by atoms with Gasteiger partial charge >= 0.3 is 0 Å².